The first-order chi connectivity index (χ1) is 6.22. The maximum Gasteiger partial charge on any atom is 0.292 e. The van der Waals surface area contributed by atoms with E-state index in [1.165, 1.54) is 0 Å². The van der Waals surface area contributed by atoms with Crippen LogP contribution in [0, 0.1) is 11.5 Å². The van der Waals surface area contributed by atoms with Gasteiger partial charge in [0.1, 0.15) is 11.5 Å². The van der Waals surface area contributed by atoms with Gasteiger partial charge in [-0.25, -0.2) is 0 Å². The number of benzene rings is 1. The molecule has 0 aromatic heterocycles. The second-order valence-electron chi connectivity index (χ2n) is 2.83. The standard InChI is InChI=1S/C10H11NO2/c1-8(2)13-10-5-3-9(4-6-10)12-7-11/h3-6,8H,1-2H3. The van der Waals surface area contributed by atoms with Crippen molar-refractivity contribution in [2.75, 3.05) is 0 Å². The van der Waals surface area contributed by atoms with E-state index in [2.05, 4.69) is 4.74 Å². The van der Waals surface area contributed by atoms with Crippen molar-refractivity contribution in [3.8, 4) is 17.8 Å². The molecule has 68 valence electrons. The summed E-state index contributed by atoms with van der Waals surface area (Å²) >= 11 is 0. The Hall–Kier alpha value is -1.69. The van der Waals surface area contributed by atoms with Crippen LogP contribution in [0.3, 0.4) is 0 Å². The molecule has 0 aliphatic heterocycles. The van der Waals surface area contributed by atoms with Crippen molar-refractivity contribution >= 4 is 0 Å². The lowest BCUT2D eigenvalue weighted by molar-refractivity contribution is 0.242. The Morgan fingerprint density at radius 2 is 1.69 bits per heavy atom. The van der Waals surface area contributed by atoms with Gasteiger partial charge >= 0.3 is 0 Å². The Kier molecular flexibility index (Phi) is 3.15. The van der Waals surface area contributed by atoms with E-state index >= 15 is 0 Å². The van der Waals surface area contributed by atoms with Crippen molar-refractivity contribution in [2.45, 2.75) is 20.0 Å². The number of ether oxygens (including phenoxy) is 2. The third kappa shape index (κ3) is 3.04. The SMILES string of the molecule is CC(C)Oc1ccc(OC#N)cc1. The predicted molar refractivity (Wildman–Crippen MR) is 48.4 cm³/mol. The summed E-state index contributed by atoms with van der Waals surface area (Å²) in [5.41, 5.74) is 0. The lowest BCUT2D eigenvalue weighted by Gasteiger charge is -2.08. The van der Waals surface area contributed by atoms with E-state index in [1.54, 1.807) is 30.5 Å². The van der Waals surface area contributed by atoms with Crippen molar-refractivity contribution in [1.82, 2.24) is 0 Å². The van der Waals surface area contributed by atoms with Crippen LogP contribution in [0.15, 0.2) is 24.3 Å². The van der Waals surface area contributed by atoms with Crippen molar-refractivity contribution in [3.05, 3.63) is 24.3 Å². The summed E-state index contributed by atoms with van der Waals surface area (Å²) in [7, 11) is 0. The lowest BCUT2D eigenvalue weighted by Crippen LogP contribution is -2.05. The summed E-state index contributed by atoms with van der Waals surface area (Å²) in [4.78, 5) is 0. The highest BCUT2D eigenvalue weighted by Gasteiger charge is 1.97. The molecule has 13 heavy (non-hydrogen) atoms. The topological polar surface area (TPSA) is 42.2 Å². The largest absolute Gasteiger partial charge is 0.491 e. The zero-order valence-electron chi connectivity index (χ0n) is 7.65. The van der Waals surface area contributed by atoms with Gasteiger partial charge in [-0.3, -0.25) is 0 Å². The Morgan fingerprint density at radius 3 is 2.15 bits per heavy atom. The molecule has 0 spiro atoms. The number of hydrogen-bond acceptors (Lipinski definition) is 3. The minimum Gasteiger partial charge on any atom is -0.491 e. The van der Waals surface area contributed by atoms with Crippen molar-refractivity contribution in [1.29, 1.82) is 5.26 Å². The van der Waals surface area contributed by atoms with Crippen LogP contribution in [-0.2, 0) is 0 Å². The molecule has 1 aromatic carbocycles. The average Bonchev–Trinajstić information content (AvgIpc) is 2.08. The summed E-state index contributed by atoms with van der Waals surface area (Å²) < 4.78 is 10.0. The van der Waals surface area contributed by atoms with Gasteiger partial charge in [-0.05, 0) is 38.1 Å². The van der Waals surface area contributed by atoms with Crippen LogP contribution in [0.4, 0.5) is 0 Å². The highest BCUT2D eigenvalue weighted by molar-refractivity contribution is 5.31. The molecule has 0 fully saturated rings. The second kappa shape index (κ2) is 4.36. The fourth-order valence-electron chi connectivity index (χ4n) is 0.911. The Balaban J connectivity index is 2.65. The molecule has 3 heteroatoms. The smallest absolute Gasteiger partial charge is 0.292 e. The molecular weight excluding hydrogens is 166 g/mol. The quantitative estimate of drug-likeness (QED) is 0.665. The van der Waals surface area contributed by atoms with Crippen LogP contribution in [-0.4, -0.2) is 6.10 Å². The predicted octanol–water partition coefficient (Wildman–Crippen LogP) is 2.33. The summed E-state index contributed by atoms with van der Waals surface area (Å²) in [6, 6.07) is 6.93. The van der Waals surface area contributed by atoms with E-state index in [0.29, 0.717) is 5.75 Å². The highest BCUT2D eigenvalue weighted by atomic mass is 16.5. The van der Waals surface area contributed by atoms with Crippen molar-refractivity contribution < 1.29 is 9.47 Å². The molecule has 0 aliphatic carbocycles. The van der Waals surface area contributed by atoms with Crippen LogP contribution in [0.5, 0.6) is 11.5 Å². The van der Waals surface area contributed by atoms with Gasteiger partial charge in [0, 0.05) is 0 Å². The van der Waals surface area contributed by atoms with E-state index in [-0.39, 0.29) is 6.10 Å². The molecule has 0 N–H and O–H groups in total. The zero-order valence-corrected chi connectivity index (χ0v) is 7.65. The third-order valence-corrected chi connectivity index (χ3v) is 1.36. The normalized spacial score (nSPS) is 9.38. The minimum absolute atomic E-state index is 0.155. The summed E-state index contributed by atoms with van der Waals surface area (Å²) in [5.74, 6) is 1.30. The fraction of sp³-hybridized carbons (Fsp3) is 0.300. The molecule has 0 saturated carbocycles. The van der Waals surface area contributed by atoms with Gasteiger partial charge in [-0.2, -0.15) is 0 Å². The van der Waals surface area contributed by atoms with Gasteiger partial charge in [-0.15, -0.1) is 5.26 Å². The fourth-order valence-corrected chi connectivity index (χ4v) is 0.911. The zero-order chi connectivity index (χ0) is 9.68. The maximum atomic E-state index is 8.23. The van der Waals surface area contributed by atoms with Gasteiger partial charge in [0.2, 0.25) is 0 Å². The molecular formula is C10H11NO2. The lowest BCUT2D eigenvalue weighted by atomic mass is 10.3. The number of hydrogen-bond donors (Lipinski definition) is 0. The van der Waals surface area contributed by atoms with E-state index < -0.39 is 0 Å². The van der Waals surface area contributed by atoms with Crippen LogP contribution in [0.1, 0.15) is 13.8 Å². The summed E-state index contributed by atoms with van der Waals surface area (Å²) in [6.07, 6.45) is 1.76. The van der Waals surface area contributed by atoms with Crippen molar-refractivity contribution in [3.63, 3.8) is 0 Å². The molecule has 3 nitrogen and oxygen atoms in total. The first kappa shape index (κ1) is 9.40. The molecule has 0 saturated heterocycles. The first-order valence-corrected chi connectivity index (χ1v) is 4.05. The third-order valence-electron chi connectivity index (χ3n) is 1.36. The molecule has 0 amide bonds. The average molecular weight is 177 g/mol. The van der Waals surface area contributed by atoms with E-state index in [0.717, 1.165) is 5.75 Å². The maximum absolute atomic E-state index is 8.23. The minimum atomic E-state index is 0.155. The molecule has 0 atom stereocenters. The summed E-state index contributed by atoms with van der Waals surface area (Å²) in [6.45, 7) is 3.92. The van der Waals surface area contributed by atoms with Gasteiger partial charge in [-0.1, -0.05) is 0 Å². The first-order valence-electron chi connectivity index (χ1n) is 4.05. The Labute approximate surface area is 77.5 Å². The van der Waals surface area contributed by atoms with Gasteiger partial charge < -0.3 is 9.47 Å². The summed E-state index contributed by atoms with van der Waals surface area (Å²) in [5, 5.41) is 8.23. The second-order valence-corrected chi connectivity index (χ2v) is 2.83. The highest BCUT2D eigenvalue weighted by Crippen LogP contribution is 2.18. The molecule has 1 rings (SSSR count). The van der Waals surface area contributed by atoms with Gasteiger partial charge in [0.05, 0.1) is 6.10 Å². The van der Waals surface area contributed by atoms with Gasteiger partial charge in [0.15, 0.2) is 0 Å². The van der Waals surface area contributed by atoms with E-state index in [4.69, 9.17) is 10.00 Å². The van der Waals surface area contributed by atoms with Crippen LogP contribution < -0.4 is 9.47 Å². The Morgan fingerprint density at radius 1 is 1.15 bits per heavy atom. The van der Waals surface area contributed by atoms with Crippen LogP contribution in [0.2, 0.25) is 0 Å². The number of nitrogens with zero attached hydrogens (tertiary/aromatic N) is 1. The molecule has 0 radical (unpaired) electrons. The molecule has 0 aliphatic rings. The molecule has 0 bridgehead atoms. The van der Waals surface area contributed by atoms with Crippen LogP contribution in [0.25, 0.3) is 0 Å². The number of rotatable bonds is 3. The molecule has 1 aromatic rings. The van der Waals surface area contributed by atoms with E-state index in [1.807, 2.05) is 13.8 Å². The molecule has 0 unspecified atom stereocenters. The number of nitriles is 1. The van der Waals surface area contributed by atoms with Crippen LogP contribution >= 0.6 is 0 Å². The Bertz CT molecular complexity index is 298. The van der Waals surface area contributed by atoms with E-state index in [9.17, 15) is 0 Å². The van der Waals surface area contributed by atoms with Gasteiger partial charge in [0.25, 0.3) is 6.26 Å². The molecule has 0 heterocycles. The van der Waals surface area contributed by atoms with Crippen molar-refractivity contribution in [2.24, 2.45) is 0 Å². The monoisotopic (exact) mass is 177 g/mol.